The number of benzene rings is 2. The third-order valence-electron chi connectivity index (χ3n) is 4.65. The molecule has 2 aromatic carbocycles. The quantitative estimate of drug-likeness (QED) is 0.604. The van der Waals surface area contributed by atoms with Gasteiger partial charge in [-0.05, 0) is 79.2 Å². The molecule has 1 fully saturated rings. The summed E-state index contributed by atoms with van der Waals surface area (Å²) in [6.07, 6.45) is 1.71. The first-order valence-corrected chi connectivity index (χ1v) is 9.81. The standard InChI is InChI=1S/C23H17N3O2S/c1-14-4-3-5-19(15(14)2)25-23-26-22(27)21(29-23)12-18-10-11-20(28-18)17-8-6-16(13-24)7-9-17/h3-12H,1-2H3,(H,25,26,27)/b21-12-. The highest BCUT2D eigenvalue weighted by molar-refractivity contribution is 8.18. The Morgan fingerprint density at radius 2 is 1.90 bits per heavy atom. The number of hydrogen-bond donors (Lipinski definition) is 1. The largest absolute Gasteiger partial charge is 0.457 e. The van der Waals surface area contributed by atoms with Gasteiger partial charge in [-0.3, -0.25) is 4.79 Å². The fourth-order valence-corrected chi connectivity index (χ4v) is 3.69. The van der Waals surface area contributed by atoms with Gasteiger partial charge in [-0.1, -0.05) is 12.1 Å². The SMILES string of the molecule is Cc1cccc(N=C2NC(=O)/C(=C/c3ccc(-c4ccc(C#N)cc4)o3)S2)c1C. The van der Waals surface area contributed by atoms with E-state index in [9.17, 15) is 4.79 Å². The van der Waals surface area contributed by atoms with Crippen molar-refractivity contribution >= 4 is 34.6 Å². The van der Waals surface area contributed by atoms with Gasteiger partial charge in [0.05, 0.1) is 22.2 Å². The van der Waals surface area contributed by atoms with Gasteiger partial charge in [-0.2, -0.15) is 5.26 Å². The van der Waals surface area contributed by atoms with E-state index in [1.165, 1.54) is 11.8 Å². The summed E-state index contributed by atoms with van der Waals surface area (Å²) in [5.41, 5.74) is 4.55. The molecule has 0 unspecified atom stereocenters. The summed E-state index contributed by atoms with van der Waals surface area (Å²) in [5.74, 6) is 1.05. The Balaban J connectivity index is 1.55. The molecule has 2 heterocycles. The van der Waals surface area contributed by atoms with Crippen LogP contribution in [-0.4, -0.2) is 11.1 Å². The van der Waals surface area contributed by atoms with E-state index < -0.39 is 0 Å². The Morgan fingerprint density at radius 1 is 1.10 bits per heavy atom. The summed E-state index contributed by atoms with van der Waals surface area (Å²) in [5, 5.41) is 12.3. The van der Waals surface area contributed by atoms with Crippen LogP contribution in [-0.2, 0) is 4.79 Å². The lowest BCUT2D eigenvalue weighted by molar-refractivity contribution is -0.115. The zero-order chi connectivity index (χ0) is 20.4. The number of nitriles is 1. The maximum absolute atomic E-state index is 12.3. The lowest BCUT2D eigenvalue weighted by atomic mass is 10.1. The molecule has 4 rings (SSSR count). The molecule has 0 radical (unpaired) electrons. The maximum atomic E-state index is 12.3. The van der Waals surface area contributed by atoms with E-state index in [1.807, 2.05) is 56.3 Å². The van der Waals surface area contributed by atoms with Crippen molar-refractivity contribution in [1.29, 1.82) is 5.26 Å². The molecule has 5 nitrogen and oxygen atoms in total. The predicted octanol–water partition coefficient (Wildman–Crippen LogP) is 5.33. The number of carbonyl (C=O) groups excluding carboxylic acids is 1. The molecule has 1 aliphatic heterocycles. The summed E-state index contributed by atoms with van der Waals surface area (Å²) in [7, 11) is 0. The van der Waals surface area contributed by atoms with Gasteiger partial charge in [-0.15, -0.1) is 0 Å². The third-order valence-corrected chi connectivity index (χ3v) is 5.56. The molecule has 0 aliphatic carbocycles. The van der Waals surface area contributed by atoms with Crippen molar-refractivity contribution in [2.24, 2.45) is 4.99 Å². The molecular weight excluding hydrogens is 382 g/mol. The predicted molar refractivity (Wildman–Crippen MR) is 116 cm³/mol. The smallest absolute Gasteiger partial charge is 0.264 e. The summed E-state index contributed by atoms with van der Waals surface area (Å²) in [6.45, 7) is 4.05. The molecule has 142 valence electrons. The lowest BCUT2D eigenvalue weighted by Gasteiger charge is -2.04. The molecule has 0 spiro atoms. The van der Waals surface area contributed by atoms with Gasteiger partial charge < -0.3 is 9.73 Å². The number of carbonyl (C=O) groups is 1. The van der Waals surface area contributed by atoms with Crippen LogP contribution in [0.3, 0.4) is 0 Å². The number of amidine groups is 1. The molecule has 1 saturated heterocycles. The number of hydrogen-bond acceptors (Lipinski definition) is 5. The van der Waals surface area contributed by atoms with E-state index in [1.54, 1.807) is 18.2 Å². The van der Waals surface area contributed by atoms with Crippen LogP contribution in [0, 0.1) is 25.2 Å². The first-order chi connectivity index (χ1) is 14.0. The van der Waals surface area contributed by atoms with Gasteiger partial charge in [0.15, 0.2) is 5.17 Å². The molecule has 1 N–H and O–H groups in total. The summed E-state index contributed by atoms with van der Waals surface area (Å²) in [4.78, 5) is 17.4. The van der Waals surface area contributed by atoms with Crippen molar-refractivity contribution in [3.8, 4) is 17.4 Å². The number of aryl methyl sites for hydroxylation is 1. The van der Waals surface area contributed by atoms with Crippen molar-refractivity contribution in [3.63, 3.8) is 0 Å². The second kappa shape index (κ2) is 7.82. The van der Waals surface area contributed by atoms with Crippen molar-refractivity contribution in [3.05, 3.63) is 82.0 Å². The van der Waals surface area contributed by atoms with Gasteiger partial charge in [-0.25, -0.2) is 4.99 Å². The average Bonchev–Trinajstić information content (AvgIpc) is 3.32. The van der Waals surface area contributed by atoms with Crippen LogP contribution < -0.4 is 5.32 Å². The summed E-state index contributed by atoms with van der Waals surface area (Å²) >= 11 is 1.29. The van der Waals surface area contributed by atoms with E-state index in [2.05, 4.69) is 16.4 Å². The lowest BCUT2D eigenvalue weighted by Crippen LogP contribution is -2.19. The number of furan rings is 1. The van der Waals surface area contributed by atoms with Gasteiger partial charge in [0.25, 0.3) is 5.91 Å². The number of nitrogens with zero attached hydrogens (tertiary/aromatic N) is 2. The summed E-state index contributed by atoms with van der Waals surface area (Å²) < 4.78 is 5.85. The zero-order valence-electron chi connectivity index (χ0n) is 15.9. The summed E-state index contributed by atoms with van der Waals surface area (Å²) in [6, 6.07) is 18.8. The molecule has 1 aromatic heterocycles. The minimum Gasteiger partial charge on any atom is -0.457 e. The molecule has 0 saturated carbocycles. The van der Waals surface area contributed by atoms with Crippen LogP contribution in [0.5, 0.6) is 0 Å². The van der Waals surface area contributed by atoms with Gasteiger partial charge >= 0.3 is 0 Å². The van der Waals surface area contributed by atoms with Crippen molar-refractivity contribution in [1.82, 2.24) is 5.32 Å². The molecule has 0 atom stereocenters. The van der Waals surface area contributed by atoms with E-state index in [-0.39, 0.29) is 5.91 Å². The Morgan fingerprint density at radius 3 is 2.66 bits per heavy atom. The third kappa shape index (κ3) is 4.00. The first kappa shape index (κ1) is 18.8. The average molecular weight is 399 g/mol. The Kier molecular flexibility index (Phi) is 5.07. The fourth-order valence-electron chi connectivity index (χ4n) is 2.87. The first-order valence-electron chi connectivity index (χ1n) is 8.99. The van der Waals surface area contributed by atoms with Crippen LogP contribution in [0.1, 0.15) is 22.5 Å². The van der Waals surface area contributed by atoms with Crippen LogP contribution in [0.25, 0.3) is 17.4 Å². The van der Waals surface area contributed by atoms with E-state index in [0.29, 0.717) is 27.2 Å². The molecule has 3 aromatic rings. The molecule has 29 heavy (non-hydrogen) atoms. The highest BCUT2D eigenvalue weighted by Gasteiger charge is 2.24. The number of aliphatic imine (C=N–C) groups is 1. The van der Waals surface area contributed by atoms with Crippen molar-refractivity contribution in [2.75, 3.05) is 0 Å². The maximum Gasteiger partial charge on any atom is 0.264 e. The normalized spacial score (nSPS) is 16.2. The van der Waals surface area contributed by atoms with Crippen LogP contribution in [0.4, 0.5) is 5.69 Å². The van der Waals surface area contributed by atoms with Crippen LogP contribution in [0.2, 0.25) is 0 Å². The van der Waals surface area contributed by atoms with Gasteiger partial charge in [0, 0.05) is 11.6 Å². The minimum atomic E-state index is -0.199. The van der Waals surface area contributed by atoms with E-state index >= 15 is 0 Å². The molecule has 1 aliphatic rings. The monoisotopic (exact) mass is 399 g/mol. The van der Waals surface area contributed by atoms with E-state index in [0.717, 1.165) is 22.4 Å². The topological polar surface area (TPSA) is 78.4 Å². The number of amides is 1. The number of rotatable bonds is 3. The van der Waals surface area contributed by atoms with Gasteiger partial charge in [0.1, 0.15) is 11.5 Å². The van der Waals surface area contributed by atoms with Crippen LogP contribution >= 0.6 is 11.8 Å². The minimum absolute atomic E-state index is 0.199. The van der Waals surface area contributed by atoms with Crippen LogP contribution in [0.15, 0.2) is 68.9 Å². The molecule has 0 bridgehead atoms. The number of thioether (sulfide) groups is 1. The van der Waals surface area contributed by atoms with Crippen molar-refractivity contribution < 1.29 is 9.21 Å². The zero-order valence-corrected chi connectivity index (χ0v) is 16.7. The molecular formula is C23H17N3O2S. The number of nitrogens with one attached hydrogen (secondary N) is 1. The second-order valence-electron chi connectivity index (χ2n) is 6.59. The van der Waals surface area contributed by atoms with Gasteiger partial charge in [0.2, 0.25) is 0 Å². The highest BCUT2D eigenvalue weighted by Crippen LogP contribution is 2.31. The Hall–Kier alpha value is -3.56. The second-order valence-corrected chi connectivity index (χ2v) is 7.62. The van der Waals surface area contributed by atoms with Crippen molar-refractivity contribution in [2.45, 2.75) is 13.8 Å². The fraction of sp³-hybridized carbons (Fsp3) is 0.0870. The van der Waals surface area contributed by atoms with E-state index in [4.69, 9.17) is 9.68 Å². The Bertz CT molecular complexity index is 1200. The molecule has 6 heteroatoms. The highest BCUT2D eigenvalue weighted by atomic mass is 32.2. The Labute approximate surface area is 172 Å². The molecule has 1 amide bonds.